The minimum Gasteiger partial charge on any atom is -0.345 e. The van der Waals surface area contributed by atoms with Gasteiger partial charge in [0.25, 0.3) is 5.91 Å². The molecule has 2 aromatic rings. The van der Waals surface area contributed by atoms with Gasteiger partial charge in [0, 0.05) is 18.3 Å². The Morgan fingerprint density at radius 3 is 2.63 bits per heavy atom. The minimum atomic E-state index is -0.954. The Morgan fingerprint density at radius 1 is 1.22 bits per heavy atom. The van der Waals surface area contributed by atoms with Crippen molar-refractivity contribution < 1.29 is 18.8 Å². The van der Waals surface area contributed by atoms with E-state index in [4.69, 9.17) is 0 Å². The number of hydrogen-bond donors (Lipinski definition) is 3. The van der Waals surface area contributed by atoms with E-state index in [0.29, 0.717) is 5.56 Å². The van der Waals surface area contributed by atoms with Crippen LogP contribution in [0.2, 0.25) is 0 Å². The number of nitrogens with zero attached hydrogens (tertiary/aromatic N) is 2. The standard InChI is InChI=1S/C17H15BrFN5O3/c18-11-8-20-24(9-11)14-5-1-10(7-13(14)19)2-6-15(25)22-23-17(27)16(26)21-12-3-4-12/h1-2,5-9,12H,3-4H2,(H,21,26)(H,22,25)(H,23,27)/b6-2+. The van der Waals surface area contributed by atoms with Gasteiger partial charge >= 0.3 is 11.8 Å². The fourth-order valence-corrected chi connectivity index (χ4v) is 2.40. The average molecular weight is 436 g/mol. The van der Waals surface area contributed by atoms with E-state index in [1.54, 1.807) is 12.3 Å². The molecule has 8 nitrogen and oxygen atoms in total. The highest BCUT2D eigenvalue weighted by molar-refractivity contribution is 9.10. The molecule has 0 unspecified atom stereocenters. The lowest BCUT2D eigenvalue weighted by molar-refractivity contribution is -0.140. The number of hydrogen-bond acceptors (Lipinski definition) is 4. The van der Waals surface area contributed by atoms with Crippen molar-refractivity contribution >= 4 is 39.7 Å². The zero-order chi connectivity index (χ0) is 19.4. The molecule has 1 saturated carbocycles. The number of carbonyl (C=O) groups is 3. The van der Waals surface area contributed by atoms with E-state index < -0.39 is 23.5 Å². The van der Waals surface area contributed by atoms with Gasteiger partial charge in [0.15, 0.2) is 0 Å². The molecule has 140 valence electrons. The number of benzene rings is 1. The van der Waals surface area contributed by atoms with Crippen LogP contribution in [0.25, 0.3) is 11.8 Å². The lowest BCUT2D eigenvalue weighted by atomic mass is 10.2. The topological polar surface area (TPSA) is 105 Å². The van der Waals surface area contributed by atoms with Crippen molar-refractivity contribution in [3.05, 3.63) is 52.5 Å². The molecule has 0 radical (unpaired) electrons. The molecule has 10 heteroatoms. The number of carbonyl (C=O) groups excluding carboxylic acids is 3. The molecule has 1 aliphatic rings. The van der Waals surface area contributed by atoms with Crippen LogP contribution in [-0.4, -0.2) is 33.5 Å². The second-order valence-corrected chi connectivity index (χ2v) is 6.75. The first-order valence-corrected chi connectivity index (χ1v) is 8.80. The molecule has 3 rings (SSSR count). The maximum absolute atomic E-state index is 14.2. The summed E-state index contributed by atoms with van der Waals surface area (Å²) in [6, 6.07) is 4.42. The first-order valence-electron chi connectivity index (χ1n) is 8.01. The zero-order valence-corrected chi connectivity index (χ0v) is 15.5. The molecular formula is C17H15BrFN5O3. The van der Waals surface area contributed by atoms with Gasteiger partial charge in [-0.05, 0) is 52.5 Å². The molecule has 3 N–H and O–H groups in total. The van der Waals surface area contributed by atoms with Crippen LogP contribution in [0.3, 0.4) is 0 Å². The summed E-state index contributed by atoms with van der Waals surface area (Å²) in [4.78, 5) is 34.6. The maximum atomic E-state index is 14.2. The Labute approximate surface area is 161 Å². The van der Waals surface area contributed by atoms with Gasteiger partial charge in [-0.25, -0.2) is 9.07 Å². The molecule has 27 heavy (non-hydrogen) atoms. The van der Waals surface area contributed by atoms with E-state index in [0.717, 1.165) is 23.4 Å². The van der Waals surface area contributed by atoms with Crippen LogP contribution in [0.15, 0.2) is 41.1 Å². The number of amides is 3. The van der Waals surface area contributed by atoms with Gasteiger partial charge in [-0.2, -0.15) is 5.10 Å². The Kier molecular flexibility index (Phi) is 5.65. The predicted molar refractivity (Wildman–Crippen MR) is 97.7 cm³/mol. The van der Waals surface area contributed by atoms with Crippen molar-refractivity contribution in [1.82, 2.24) is 25.9 Å². The highest BCUT2D eigenvalue weighted by atomic mass is 79.9. The van der Waals surface area contributed by atoms with Crippen LogP contribution in [0.4, 0.5) is 4.39 Å². The fourth-order valence-electron chi connectivity index (χ4n) is 2.11. The fraction of sp³-hybridized carbons (Fsp3) is 0.176. The van der Waals surface area contributed by atoms with E-state index in [-0.39, 0.29) is 11.7 Å². The number of halogens is 2. The second-order valence-electron chi connectivity index (χ2n) is 5.84. The van der Waals surface area contributed by atoms with Gasteiger partial charge in [-0.15, -0.1) is 0 Å². The van der Waals surface area contributed by atoms with Crippen molar-refractivity contribution in [1.29, 1.82) is 0 Å². The van der Waals surface area contributed by atoms with Gasteiger partial charge in [-0.3, -0.25) is 25.2 Å². The van der Waals surface area contributed by atoms with Crippen LogP contribution < -0.4 is 16.2 Å². The molecule has 1 aliphatic carbocycles. The Bertz CT molecular complexity index is 923. The Hall–Kier alpha value is -3.01. The number of aromatic nitrogens is 2. The summed E-state index contributed by atoms with van der Waals surface area (Å²) < 4.78 is 16.3. The summed E-state index contributed by atoms with van der Waals surface area (Å²) in [6.07, 6.45) is 7.33. The third-order valence-electron chi connectivity index (χ3n) is 3.61. The molecule has 1 fully saturated rings. The van der Waals surface area contributed by atoms with E-state index in [1.807, 2.05) is 5.43 Å². The quantitative estimate of drug-likeness (QED) is 0.381. The van der Waals surface area contributed by atoms with Gasteiger partial charge in [0.2, 0.25) is 0 Å². The normalized spacial score (nSPS) is 13.4. The predicted octanol–water partition coefficient (Wildman–Crippen LogP) is 1.21. The monoisotopic (exact) mass is 435 g/mol. The van der Waals surface area contributed by atoms with Crippen molar-refractivity contribution in [2.75, 3.05) is 0 Å². The highest BCUT2D eigenvalue weighted by Crippen LogP contribution is 2.18. The molecule has 0 aliphatic heterocycles. The first-order chi connectivity index (χ1) is 12.9. The molecule has 0 spiro atoms. The number of nitrogens with one attached hydrogen (secondary N) is 3. The summed E-state index contributed by atoms with van der Waals surface area (Å²) in [5.74, 6) is -2.93. The van der Waals surface area contributed by atoms with Gasteiger partial charge < -0.3 is 5.32 Å². The smallest absolute Gasteiger partial charge is 0.327 e. The molecule has 0 saturated heterocycles. The van der Waals surface area contributed by atoms with E-state index >= 15 is 0 Å². The SMILES string of the molecule is O=C(/C=C/c1ccc(-n2cc(Br)cn2)c(F)c1)NNC(=O)C(=O)NC1CC1. The average Bonchev–Trinajstić information content (AvgIpc) is 3.35. The van der Waals surface area contributed by atoms with Crippen molar-refractivity contribution in [2.24, 2.45) is 0 Å². The van der Waals surface area contributed by atoms with Gasteiger partial charge in [-0.1, -0.05) is 6.07 Å². The summed E-state index contributed by atoms with van der Waals surface area (Å²) in [5, 5.41) is 6.49. The van der Waals surface area contributed by atoms with Crippen molar-refractivity contribution in [3.63, 3.8) is 0 Å². The van der Waals surface area contributed by atoms with Crippen LogP contribution >= 0.6 is 15.9 Å². The number of hydrazine groups is 1. The molecule has 3 amide bonds. The molecular weight excluding hydrogens is 421 g/mol. The van der Waals surface area contributed by atoms with E-state index in [1.165, 1.54) is 29.1 Å². The maximum Gasteiger partial charge on any atom is 0.327 e. The minimum absolute atomic E-state index is 0.0413. The first kappa shape index (κ1) is 18.8. The Balaban J connectivity index is 1.53. The van der Waals surface area contributed by atoms with Gasteiger partial charge in [0.1, 0.15) is 11.5 Å². The molecule has 0 bridgehead atoms. The molecule has 0 atom stereocenters. The van der Waals surface area contributed by atoms with Crippen LogP contribution in [-0.2, 0) is 14.4 Å². The second kappa shape index (κ2) is 8.12. The van der Waals surface area contributed by atoms with Crippen LogP contribution in [0, 0.1) is 5.82 Å². The Morgan fingerprint density at radius 2 is 2.00 bits per heavy atom. The van der Waals surface area contributed by atoms with Crippen LogP contribution in [0.5, 0.6) is 0 Å². The summed E-state index contributed by atoms with van der Waals surface area (Å²) in [5.41, 5.74) is 4.79. The zero-order valence-electron chi connectivity index (χ0n) is 13.9. The molecule has 1 aromatic carbocycles. The van der Waals surface area contributed by atoms with Gasteiger partial charge in [0.05, 0.1) is 10.7 Å². The van der Waals surface area contributed by atoms with E-state index in [2.05, 4.69) is 31.8 Å². The summed E-state index contributed by atoms with van der Waals surface area (Å²) >= 11 is 3.24. The molecule has 1 heterocycles. The van der Waals surface area contributed by atoms with Crippen molar-refractivity contribution in [2.45, 2.75) is 18.9 Å². The summed E-state index contributed by atoms with van der Waals surface area (Å²) in [6.45, 7) is 0. The third kappa shape index (κ3) is 5.23. The van der Waals surface area contributed by atoms with Crippen LogP contribution in [0.1, 0.15) is 18.4 Å². The highest BCUT2D eigenvalue weighted by Gasteiger charge is 2.26. The largest absolute Gasteiger partial charge is 0.345 e. The molecule has 1 aromatic heterocycles. The number of rotatable bonds is 4. The van der Waals surface area contributed by atoms with E-state index in [9.17, 15) is 18.8 Å². The third-order valence-corrected chi connectivity index (χ3v) is 4.02. The van der Waals surface area contributed by atoms with Crippen molar-refractivity contribution in [3.8, 4) is 5.69 Å². The summed E-state index contributed by atoms with van der Waals surface area (Å²) in [7, 11) is 0. The lowest BCUT2D eigenvalue weighted by Gasteiger charge is -2.05. The lowest BCUT2D eigenvalue weighted by Crippen LogP contribution is -2.48.